The molecule has 1 aliphatic rings. The van der Waals surface area contributed by atoms with Gasteiger partial charge >= 0.3 is 0 Å². The predicted octanol–water partition coefficient (Wildman–Crippen LogP) is 1.85. The second-order valence-electron chi connectivity index (χ2n) is 4.53. The van der Waals surface area contributed by atoms with Crippen molar-refractivity contribution in [3.63, 3.8) is 0 Å². The van der Waals surface area contributed by atoms with Gasteiger partial charge in [-0.05, 0) is 45.2 Å². The summed E-state index contributed by atoms with van der Waals surface area (Å²) in [6, 6.07) is 0.813. The molecule has 2 nitrogen and oxygen atoms in total. The van der Waals surface area contributed by atoms with Crippen LogP contribution in [-0.2, 0) is 0 Å². The van der Waals surface area contributed by atoms with Crippen molar-refractivity contribution in [1.29, 1.82) is 0 Å². The van der Waals surface area contributed by atoms with Gasteiger partial charge in [-0.3, -0.25) is 0 Å². The maximum Gasteiger partial charge on any atom is 0.00700 e. The van der Waals surface area contributed by atoms with Crippen molar-refractivity contribution in [3.05, 3.63) is 0 Å². The fourth-order valence-electron chi connectivity index (χ4n) is 2.33. The molecule has 0 aliphatic carbocycles. The Hall–Kier alpha value is -0.0800. The summed E-state index contributed by atoms with van der Waals surface area (Å²) in [5, 5.41) is 0. The van der Waals surface area contributed by atoms with E-state index in [9.17, 15) is 0 Å². The van der Waals surface area contributed by atoms with Crippen LogP contribution in [0.1, 0.15) is 39.5 Å². The zero-order chi connectivity index (χ0) is 9.68. The Morgan fingerprint density at radius 2 is 2.00 bits per heavy atom. The molecule has 0 aromatic heterocycles. The van der Waals surface area contributed by atoms with Crippen LogP contribution in [0.3, 0.4) is 0 Å². The molecule has 2 unspecified atom stereocenters. The highest BCUT2D eigenvalue weighted by atomic mass is 15.2. The molecule has 2 N–H and O–H groups in total. The summed E-state index contributed by atoms with van der Waals surface area (Å²) < 4.78 is 0. The summed E-state index contributed by atoms with van der Waals surface area (Å²) in [4.78, 5) is 2.63. The lowest BCUT2D eigenvalue weighted by molar-refractivity contribution is 0.259. The van der Waals surface area contributed by atoms with Gasteiger partial charge in [0.15, 0.2) is 0 Å². The molecular formula is C11H24N2. The van der Waals surface area contributed by atoms with Crippen molar-refractivity contribution >= 4 is 0 Å². The molecule has 1 heterocycles. The van der Waals surface area contributed by atoms with Crippen LogP contribution < -0.4 is 5.73 Å². The van der Waals surface area contributed by atoms with Crippen LogP contribution in [0.5, 0.6) is 0 Å². The van der Waals surface area contributed by atoms with Crippen molar-refractivity contribution in [2.24, 2.45) is 11.7 Å². The van der Waals surface area contributed by atoms with Crippen LogP contribution in [0.25, 0.3) is 0 Å². The molecule has 2 atom stereocenters. The van der Waals surface area contributed by atoms with Gasteiger partial charge in [0.25, 0.3) is 0 Å². The first-order valence-corrected chi connectivity index (χ1v) is 5.68. The molecule has 0 radical (unpaired) electrons. The average Bonchev–Trinajstić information content (AvgIpc) is 2.39. The van der Waals surface area contributed by atoms with Crippen molar-refractivity contribution in [3.8, 4) is 0 Å². The van der Waals surface area contributed by atoms with Crippen molar-refractivity contribution < 1.29 is 0 Å². The molecule has 1 rings (SSSR count). The van der Waals surface area contributed by atoms with E-state index in [4.69, 9.17) is 5.73 Å². The number of nitrogens with two attached hydrogens (primary N) is 1. The third kappa shape index (κ3) is 3.65. The van der Waals surface area contributed by atoms with Crippen molar-refractivity contribution in [2.45, 2.75) is 45.6 Å². The van der Waals surface area contributed by atoms with E-state index >= 15 is 0 Å². The Morgan fingerprint density at radius 1 is 1.23 bits per heavy atom. The molecule has 1 saturated heterocycles. The number of unbranched alkanes of at least 4 members (excludes halogenated alkanes) is 2. The summed E-state index contributed by atoms with van der Waals surface area (Å²) in [6.45, 7) is 8.16. The molecule has 0 aromatic carbocycles. The number of likely N-dealkylation sites (tertiary alicyclic amines) is 1. The van der Waals surface area contributed by atoms with Crippen LogP contribution in [0.2, 0.25) is 0 Å². The lowest BCUT2D eigenvalue weighted by Crippen LogP contribution is -2.28. The van der Waals surface area contributed by atoms with E-state index < -0.39 is 0 Å². The van der Waals surface area contributed by atoms with Gasteiger partial charge in [0.1, 0.15) is 0 Å². The molecule has 0 aromatic rings. The molecule has 2 heteroatoms. The van der Waals surface area contributed by atoms with E-state index in [1.54, 1.807) is 0 Å². The number of hydrogen-bond acceptors (Lipinski definition) is 2. The molecule has 0 bridgehead atoms. The lowest BCUT2D eigenvalue weighted by atomic mass is 10.1. The highest BCUT2D eigenvalue weighted by molar-refractivity contribution is 4.79. The number of rotatable bonds is 5. The Kier molecular flexibility index (Phi) is 4.74. The van der Waals surface area contributed by atoms with Crippen LogP contribution in [0.15, 0.2) is 0 Å². The third-order valence-electron chi connectivity index (χ3n) is 3.06. The minimum absolute atomic E-state index is 0.813. The van der Waals surface area contributed by atoms with Crippen LogP contribution in [0, 0.1) is 5.92 Å². The van der Waals surface area contributed by atoms with E-state index in [0.717, 1.165) is 18.5 Å². The van der Waals surface area contributed by atoms with E-state index in [2.05, 4.69) is 18.7 Å². The Morgan fingerprint density at radius 3 is 2.54 bits per heavy atom. The van der Waals surface area contributed by atoms with E-state index in [-0.39, 0.29) is 0 Å². The summed E-state index contributed by atoms with van der Waals surface area (Å²) in [7, 11) is 0. The van der Waals surface area contributed by atoms with Crippen molar-refractivity contribution in [1.82, 2.24) is 4.90 Å². The number of hydrogen-bond donors (Lipinski definition) is 1. The zero-order valence-corrected chi connectivity index (χ0v) is 9.13. The lowest BCUT2D eigenvalue weighted by Gasteiger charge is -2.20. The summed E-state index contributed by atoms with van der Waals surface area (Å²) in [5.74, 6) is 0.907. The van der Waals surface area contributed by atoms with Gasteiger partial charge in [0.2, 0.25) is 0 Å². The quantitative estimate of drug-likeness (QED) is 0.661. The fraction of sp³-hybridized carbons (Fsp3) is 1.00. The van der Waals surface area contributed by atoms with Crippen LogP contribution in [0.4, 0.5) is 0 Å². The Labute approximate surface area is 82.5 Å². The second-order valence-corrected chi connectivity index (χ2v) is 4.53. The maximum absolute atomic E-state index is 5.46. The first-order valence-electron chi connectivity index (χ1n) is 5.68. The van der Waals surface area contributed by atoms with Crippen LogP contribution >= 0.6 is 0 Å². The second kappa shape index (κ2) is 5.61. The molecule has 78 valence electrons. The third-order valence-corrected chi connectivity index (χ3v) is 3.06. The Bertz CT molecular complexity index is 136. The molecule has 13 heavy (non-hydrogen) atoms. The molecule has 0 amide bonds. The fourth-order valence-corrected chi connectivity index (χ4v) is 2.33. The summed E-state index contributed by atoms with van der Waals surface area (Å²) >= 11 is 0. The SMILES string of the molecule is CC1CC(C)N(CCCCCN)C1. The van der Waals surface area contributed by atoms with E-state index in [1.165, 1.54) is 38.8 Å². The monoisotopic (exact) mass is 184 g/mol. The minimum atomic E-state index is 0.813. The van der Waals surface area contributed by atoms with Gasteiger partial charge in [0, 0.05) is 12.6 Å². The summed E-state index contributed by atoms with van der Waals surface area (Å²) in [5.41, 5.74) is 5.46. The first-order chi connectivity index (χ1) is 6.24. The molecular weight excluding hydrogens is 160 g/mol. The largest absolute Gasteiger partial charge is 0.330 e. The highest BCUT2D eigenvalue weighted by Crippen LogP contribution is 2.22. The van der Waals surface area contributed by atoms with Crippen molar-refractivity contribution in [2.75, 3.05) is 19.6 Å². The average molecular weight is 184 g/mol. The smallest absolute Gasteiger partial charge is 0.00700 e. The highest BCUT2D eigenvalue weighted by Gasteiger charge is 2.24. The van der Waals surface area contributed by atoms with Gasteiger partial charge in [-0.25, -0.2) is 0 Å². The van der Waals surface area contributed by atoms with Gasteiger partial charge in [-0.1, -0.05) is 13.3 Å². The minimum Gasteiger partial charge on any atom is -0.330 e. The van der Waals surface area contributed by atoms with Crippen LogP contribution in [-0.4, -0.2) is 30.6 Å². The zero-order valence-electron chi connectivity index (χ0n) is 9.13. The van der Waals surface area contributed by atoms with Gasteiger partial charge in [-0.15, -0.1) is 0 Å². The molecule has 0 spiro atoms. The molecule has 1 aliphatic heterocycles. The van der Waals surface area contributed by atoms with Gasteiger partial charge in [-0.2, -0.15) is 0 Å². The molecule has 0 saturated carbocycles. The number of nitrogens with zero attached hydrogens (tertiary/aromatic N) is 1. The molecule has 1 fully saturated rings. The van der Waals surface area contributed by atoms with E-state index in [0.29, 0.717) is 0 Å². The summed E-state index contributed by atoms with van der Waals surface area (Å²) in [6.07, 6.45) is 5.21. The maximum atomic E-state index is 5.46. The standard InChI is InChI=1S/C11H24N2/c1-10-8-11(2)13(9-10)7-5-3-4-6-12/h10-11H,3-9,12H2,1-2H3. The van der Waals surface area contributed by atoms with E-state index in [1.807, 2.05) is 0 Å². The topological polar surface area (TPSA) is 29.3 Å². The van der Waals surface area contributed by atoms with Gasteiger partial charge in [0.05, 0.1) is 0 Å². The predicted molar refractivity (Wildman–Crippen MR) is 57.7 cm³/mol. The Balaban J connectivity index is 2.07. The normalized spacial score (nSPS) is 29.8. The van der Waals surface area contributed by atoms with Gasteiger partial charge < -0.3 is 10.6 Å². The first kappa shape index (κ1) is 11.0.